The first-order valence-electron chi connectivity index (χ1n) is 6.38. The van der Waals surface area contributed by atoms with Crippen molar-refractivity contribution in [3.8, 4) is 0 Å². The van der Waals surface area contributed by atoms with Crippen molar-refractivity contribution < 1.29 is 19.1 Å². The summed E-state index contributed by atoms with van der Waals surface area (Å²) in [6.45, 7) is 4.73. The largest absolute Gasteiger partial charge is 0.469 e. The van der Waals surface area contributed by atoms with Crippen molar-refractivity contribution in [2.75, 3.05) is 14.2 Å². The van der Waals surface area contributed by atoms with Crippen LogP contribution in [0, 0.1) is 6.92 Å². The number of carbonyl (C=O) groups excluding carboxylic acids is 2. The molecule has 1 aromatic heterocycles. The van der Waals surface area contributed by atoms with Crippen molar-refractivity contribution in [3.05, 3.63) is 23.0 Å². The Morgan fingerprint density at radius 3 is 2.50 bits per heavy atom. The van der Waals surface area contributed by atoms with Crippen molar-refractivity contribution in [1.29, 1.82) is 0 Å². The Hall–Kier alpha value is -1.05. The molecule has 0 saturated carbocycles. The predicted octanol–water partition coefficient (Wildman–Crippen LogP) is 2.51. The average Bonchev–Trinajstić information content (AvgIpc) is 2.71. The van der Waals surface area contributed by atoms with E-state index < -0.39 is 5.97 Å². The second-order valence-corrected chi connectivity index (χ2v) is 6.77. The highest BCUT2D eigenvalue weighted by atomic mass is 127. The minimum absolute atomic E-state index is 0.0738. The minimum atomic E-state index is -0.414. The van der Waals surface area contributed by atoms with Crippen molar-refractivity contribution in [1.82, 2.24) is 4.57 Å². The Balaban J connectivity index is 3.15. The lowest BCUT2D eigenvalue weighted by atomic mass is 10.1. The SMILES string of the molecule is COC(=O)Cc1c(C(=O)OC)c(C)cn1CCC(C)I. The number of methoxy groups -OCH3 is 2. The number of halogens is 1. The molecule has 1 atom stereocenters. The zero-order chi connectivity index (χ0) is 15.3. The molecule has 0 fully saturated rings. The van der Waals surface area contributed by atoms with Crippen LogP contribution in [0.3, 0.4) is 0 Å². The molecule has 1 unspecified atom stereocenters. The van der Waals surface area contributed by atoms with Gasteiger partial charge in [-0.25, -0.2) is 4.79 Å². The Kier molecular flexibility index (Phi) is 6.51. The van der Waals surface area contributed by atoms with Crippen LogP contribution in [0.1, 0.15) is 35.0 Å². The second kappa shape index (κ2) is 7.66. The smallest absolute Gasteiger partial charge is 0.339 e. The number of aromatic nitrogens is 1. The van der Waals surface area contributed by atoms with E-state index in [1.54, 1.807) is 0 Å². The normalized spacial score (nSPS) is 12.1. The average molecular weight is 393 g/mol. The molecule has 6 heteroatoms. The molecule has 5 nitrogen and oxygen atoms in total. The third-order valence-electron chi connectivity index (χ3n) is 3.08. The number of rotatable bonds is 6. The van der Waals surface area contributed by atoms with Gasteiger partial charge in [-0.05, 0) is 18.9 Å². The van der Waals surface area contributed by atoms with Crippen LogP contribution in [0.2, 0.25) is 0 Å². The highest BCUT2D eigenvalue weighted by Gasteiger charge is 2.22. The number of aryl methyl sites for hydroxylation is 2. The molecular weight excluding hydrogens is 373 g/mol. The maximum Gasteiger partial charge on any atom is 0.339 e. The number of nitrogens with zero attached hydrogens (tertiary/aromatic N) is 1. The molecule has 0 aromatic carbocycles. The molecule has 1 aromatic rings. The van der Waals surface area contributed by atoms with Crippen LogP contribution in [0.15, 0.2) is 6.20 Å². The van der Waals surface area contributed by atoms with Gasteiger partial charge in [-0.3, -0.25) is 4.79 Å². The number of alkyl halides is 1. The third-order valence-corrected chi connectivity index (χ3v) is 3.70. The highest BCUT2D eigenvalue weighted by molar-refractivity contribution is 14.1. The number of hydrogen-bond acceptors (Lipinski definition) is 4. The van der Waals surface area contributed by atoms with E-state index in [-0.39, 0.29) is 12.4 Å². The molecule has 1 heterocycles. The molecule has 0 saturated heterocycles. The summed E-state index contributed by atoms with van der Waals surface area (Å²) in [4.78, 5) is 23.4. The molecule has 0 aliphatic heterocycles. The van der Waals surface area contributed by atoms with Crippen LogP contribution in [-0.4, -0.2) is 34.6 Å². The Bertz CT molecular complexity index is 494. The van der Waals surface area contributed by atoms with Crippen molar-refractivity contribution in [2.24, 2.45) is 0 Å². The zero-order valence-electron chi connectivity index (χ0n) is 12.2. The van der Waals surface area contributed by atoms with Crippen LogP contribution >= 0.6 is 22.6 Å². The molecule has 0 aliphatic carbocycles. The number of carbonyl (C=O) groups is 2. The van der Waals surface area contributed by atoms with E-state index in [0.717, 1.165) is 18.5 Å². The summed E-state index contributed by atoms with van der Waals surface area (Å²) in [5, 5.41) is 0. The number of hydrogen-bond donors (Lipinski definition) is 0. The van der Waals surface area contributed by atoms with Gasteiger partial charge in [0, 0.05) is 22.4 Å². The Morgan fingerprint density at radius 2 is 2.00 bits per heavy atom. The first kappa shape index (κ1) is 17.0. The van der Waals surface area contributed by atoms with E-state index in [0.29, 0.717) is 15.2 Å². The molecule has 20 heavy (non-hydrogen) atoms. The van der Waals surface area contributed by atoms with E-state index in [4.69, 9.17) is 9.47 Å². The summed E-state index contributed by atoms with van der Waals surface area (Å²) in [6, 6.07) is 0. The fourth-order valence-electron chi connectivity index (χ4n) is 2.04. The topological polar surface area (TPSA) is 57.5 Å². The van der Waals surface area contributed by atoms with E-state index in [1.165, 1.54) is 14.2 Å². The molecule has 0 radical (unpaired) electrons. The maximum absolute atomic E-state index is 11.9. The molecule has 0 N–H and O–H groups in total. The fraction of sp³-hybridized carbons (Fsp3) is 0.571. The van der Waals surface area contributed by atoms with Gasteiger partial charge in [-0.1, -0.05) is 29.5 Å². The standard InChI is InChI=1S/C14H20INO4/c1-9-8-16(6-5-10(2)15)11(7-12(17)19-3)13(9)14(18)20-4/h8,10H,5-7H2,1-4H3. The molecule has 0 aliphatic rings. The third kappa shape index (κ3) is 4.22. The van der Waals surface area contributed by atoms with Crippen LogP contribution in [0.5, 0.6) is 0 Å². The predicted molar refractivity (Wildman–Crippen MR) is 84.3 cm³/mol. The maximum atomic E-state index is 11.9. The minimum Gasteiger partial charge on any atom is -0.469 e. The second-order valence-electron chi connectivity index (χ2n) is 4.64. The molecule has 0 amide bonds. The Morgan fingerprint density at radius 1 is 1.35 bits per heavy atom. The summed E-state index contributed by atoms with van der Waals surface area (Å²) in [6.07, 6.45) is 2.93. The van der Waals surface area contributed by atoms with E-state index in [1.807, 2.05) is 17.7 Å². The van der Waals surface area contributed by atoms with Gasteiger partial charge in [-0.2, -0.15) is 0 Å². The van der Waals surface area contributed by atoms with Crippen molar-refractivity contribution >= 4 is 34.5 Å². The van der Waals surface area contributed by atoms with Gasteiger partial charge < -0.3 is 14.0 Å². The van der Waals surface area contributed by atoms with Crippen LogP contribution < -0.4 is 0 Å². The first-order valence-corrected chi connectivity index (χ1v) is 7.63. The van der Waals surface area contributed by atoms with Crippen LogP contribution in [-0.2, 0) is 27.2 Å². The number of esters is 2. The quantitative estimate of drug-likeness (QED) is 0.424. The summed E-state index contributed by atoms with van der Waals surface area (Å²) in [7, 11) is 2.68. The van der Waals surface area contributed by atoms with Crippen molar-refractivity contribution in [2.45, 2.75) is 37.2 Å². The lowest BCUT2D eigenvalue weighted by molar-refractivity contribution is -0.139. The first-order chi connectivity index (χ1) is 9.40. The van der Waals surface area contributed by atoms with Gasteiger partial charge in [0.15, 0.2) is 0 Å². The molecule has 0 spiro atoms. The van der Waals surface area contributed by atoms with E-state index in [9.17, 15) is 9.59 Å². The molecule has 1 rings (SSSR count). The van der Waals surface area contributed by atoms with Gasteiger partial charge >= 0.3 is 11.9 Å². The summed E-state index contributed by atoms with van der Waals surface area (Å²) >= 11 is 2.35. The van der Waals surface area contributed by atoms with E-state index in [2.05, 4.69) is 29.5 Å². The van der Waals surface area contributed by atoms with Crippen molar-refractivity contribution in [3.63, 3.8) is 0 Å². The molecule has 0 bridgehead atoms. The van der Waals surface area contributed by atoms with Gasteiger partial charge in [0.05, 0.1) is 26.2 Å². The number of ether oxygens (including phenoxy) is 2. The van der Waals surface area contributed by atoms with Gasteiger partial charge in [0.1, 0.15) is 0 Å². The highest BCUT2D eigenvalue weighted by Crippen LogP contribution is 2.21. The monoisotopic (exact) mass is 393 g/mol. The van der Waals surface area contributed by atoms with Gasteiger partial charge in [0.2, 0.25) is 0 Å². The lowest BCUT2D eigenvalue weighted by Crippen LogP contribution is -2.15. The van der Waals surface area contributed by atoms with Gasteiger partial charge in [-0.15, -0.1) is 0 Å². The lowest BCUT2D eigenvalue weighted by Gasteiger charge is -2.11. The van der Waals surface area contributed by atoms with Gasteiger partial charge in [0.25, 0.3) is 0 Å². The van der Waals surface area contributed by atoms with Crippen LogP contribution in [0.4, 0.5) is 0 Å². The van der Waals surface area contributed by atoms with Crippen LogP contribution in [0.25, 0.3) is 0 Å². The molecular formula is C14H20INO4. The molecule has 112 valence electrons. The Labute approximate surface area is 132 Å². The summed E-state index contributed by atoms with van der Waals surface area (Å²) in [5.41, 5.74) is 1.95. The van der Waals surface area contributed by atoms with E-state index >= 15 is 0 Å². The summed E-state index contributed by atoms with van der Waals surface area (Å²) < 4.78 is 12.0. The fourth-order valence-corrected chi connectivity index (χ4v) is 2.32. The summed E-state index contributed by atoms with van der Waals surface area (Å²) in [5.74, 6) is -0.778. The zero-order valence-corrected chi connectivity index (χ0v) is 14.4.